The summed E-state index contributed by atoms with van der Waals surface area (Å²) in [6.07, 6.45) is 0. The van der Waals surface area contributed by atoms with Crippen molar-refractivity contribution in [2.75, 3.05) is 40.0 Å². The molecule has 0 aromatic heterocycles. The third kappa shape index (κ3) is 5.54. The molecule has 3 N–H and O–H groups in total. The minimum absolute atomic E-state index is 0.158. The largest absolute Gasteiger partial charge is 0.493 e. The van der Waals surface area contributed by atoms with Gasteiger partial charge in [0.05, 0.1) is 25.3 Å². The first-order valence-corrected chi connectivity index (χ1v) is 7.12. The molecule has 114 valence electrons. The quantitative estimate of drug-likeness (QED) is 0.571. The van der Waals surface area contributed by atoms with E-state index in [9.17, 15) is 0 Å². The van der Waals surface area contributed by atoms with E-state index in [0.29, 0.717) is 36.2 Å². The van der Waals surface area contributed by atoms with E-state index < -0.39 is 0 Å². The van der Waals surface area contributed by atoms with E-state index in [1.54, 1.807) is 7.11 Å². The number of nitrogens with one attached hydrogen (secondary N) is 2. The Morgan fingerprint density at radius 2 is 1.95 bits per heavy atom. The van der Waals surface area contributed by atoms with Gasteiger partial charge in [-0.1, -0.05) is 11.6 Å². The van der Waals surface area contributed by atoms with Gasteiger partial charge in [-0.2, -0.15) is 0 Å². The summed E-state index contributed by atoms with van der Waals surface area (Å²) in [5.74, 6) is 1.24. The molecule has 0 unspecified atom stereocenters. The summed E-state index contributed by atoms with van der Waals surface area (Å²) in [4.78, 5) is 0. The van der Waals surface area contributed by atoms with Crippen LogP contribution in [0.15, 0.2) is 12.1 Å². The number of ether oxygens (including phenoxy) is 2. The summed E-state index contributed by atoms with van der Waals surface area (Å²) in [7, 11) is 1.60. The molecular weight excluding hydrogens is 280 g/mol. The fourth-order valence-corrected chi connectivity index (χ4v) is 2.06. The third-order valence-corrected chi connectivity index (χ3v) is 2.95. The van der Waals surface area contributed by atoms with Crippen LogP contribution in [0.1, 0.15) is 12.5 Å². The first-order chi connectivity index (χ1) is 9.72. The van der Waals surface area contributed by atoms with Crippen LogP contribution in [0.3, 0.4) is 0 Å². The van der Waals surface area contributed by atoms with Gasteiger partial charge in [-0.05, 0) is 24.6 Å². The second kappa shape index (κ2) is 9.83. The minimum Gasteiger partial charge on any atom is -0.493 e. The van der Waals surface area contributed by atoms with Crippen LogP contribution >= 0.6 is 11.6 Å². The normalized spacial score (nSPS) is 10.6. The molecule has 0 bridgehead atoms. The van der Waals surface area contributed by atoms with Crippen molar-refractivity contribution in [1.29, 1.82) is 0 Å². The minimum atomic E-state index is 0.158. The van der Waals surface area contributed by atoms with E-state index in [4.69, 9.17) is 26.2 Å². The zero-order valence-corrected chi connectivity index (χ0v) is 12.8. The highest BCUT2D eigenvalue weighted by molar-refractivity contribution is 6.32. The molecule has 0 aliphatic heterocycles. The number of aliphatic hydroxyl groups is 1. The predicted molar refractivity (Wildman–Crippen MR) is 80.8 cm³/mol. The molecule has 0 spiro atoms. The van der Waals surface area contributed by atoms with Crippen LogP contribution in [0, 0.1) is 0 Å². The van der Waals surface area contributed by atoms with Crippen molar-refractivity contribution in [1.82, 2.24) is 10.6 Å². The van der Waals surface area contributed by atoms with Crippen LogP contribution in [-0.4, -0.2) is 45.1 Å². The average molecular weight is 303 g/mol. The SMILES string of the molecule is CCOc1c(Cl)cc(CNCCNCCO)cc1OC. The molecule has 0 radical (unpaired) electrons. The third-order valence-electron chi connectivity index (χ3n) is 2.67. The standard InChI is InChI=1S/C14H23ClN2O3/c1-3-20-14-12(15)8-11(9-13(14)19-2)10-17-5-4-16-6-7-18/h8-9,16-18H,3-7,10H2,1-2H3. The number of rotatable bonds is 10. The van der Waals surface area contributed by atoms with Crippen molar-refractivity contribution in [2.45, 2.75) is 13.5 Å². The highest BCUT2D eigenvalue weighted by Crippen LogP contribution is 2.36. The molecule has 0 heterocycles. The van der Waals surface area contributed by atoms with Crippen LogP contribution in [0.4, 0.5) is 0 Å². The Morgan fingerprint density at radius 1 is 1.20 bits per heavy atom. The van der Waals surface area contributed by atoms with Crippen LogP contribution in [0.25, 0.3) is 0 Å². The number of hydrogen-bond acceptors (Lipinski definition) is 5. The van der Waals surface area contributed by atoms with E-state index in [2.05, 4.69) is 10.6 Å². The number of halogens is 1. The van der Waals surface area contributed by atoms with Crippen molar-refractivity contribution in [2.24, 2.45) is 0 Å². The van der Waals surface area contributed by atoms with Gasteiger partial charge in [-0.15, -0.1) is 0 Å². The summed E-state index contributed by atoms with van der Waals surface area (Å²) in [6.45, 7) is 5.55. The zero-order chi connectivity index (χ0) is 14.8. The van der Waals surface area contributed by atoms with Gasteiger partial charge in [0.1, 0.15) is 0 Å². The summed E-state index contributed by atoms with van der Waals surface area (Å²) in [5, 5.41) is 15.6. The highest BCUT2D eigenvalue weighted by atomic mass is 35.5. The second-order valence-electron chi connectivity index (χ2n) is 4.19. The molecule has 0 aliphatic rings. The van der Waals surface area contributed by atoms with Crippen molar-refractivity contribution >= 4 is 11.6 Å². The fraction of sp³-hybridized carbons (Fsp3) is 0.571. The van der Waals surface area contributed by atoms with Crippen molar-refractivity contribution in [3.8, 4) is 11.5 Å². The van der Waals surface area contributed by atoms with Crippen LogP contribution in [0.2, 0.25) is 5.02 Å². The molecule has 6 heteroatoms. The van der Waals surface area contributed by atoms with E-state index in [0.717, 1.165) is 18.7 Å². The lowest BCUT2D eigenvalue weighted by Gasteiger charge is -2.13. The van der Waals surface area contributed by atoms with E-state index in [1.165, 1.54) is 0 Å². The number of hydrogen-bond donors (Lipinski definition) is 3. The van der Waals surface area contributed by atoms with Crippen LogP contribution < -0.4 is 20.1 Å². The van der Waals surface area contributed by atoms with Gasteiger partial charge in [0.2, 0.25) is 0 Å². The second-order valence-corrected chi connectivity index (χ2v) is 4.60. The lowest BCUT2D eigenvalue weighted by atomic mass is 10.2. The van der Waals surface area contributed by atoms with Gasteiger partial charge in [-0.25, -0.2) is 0 Å². The Kier molecular flexibility index (Phi) is 8.37. The Labute approximate surface area is 125 Å². The molecule has 0 aliphatic carbocycles. The van der Waals surface area contributed by atoms with Gasteiger partial charge < -0.3 is 25.2 Å². The maximum Gasteiger partial charge on any atom is 0.179 e. The van der Waals surface area contributed by atoms with Crippen LogP contribution in [0.5, 0.6) is 11.5 Å². The molecule has 20 heavy (non-hydrogen) atoms. The smallest absolute Gasteiger partial charge is 0.179 e. The highest BCUT2D eigenvalue weighted by Gasteiger charge is 2.11. The monoisotopic (exact) mass is 302 g/mol. The molecule has 1 aromatic carbocycles. The van der Waals surface area contributed by atoms with Crippen molar-refractivity contribution in [3.63, 3.8) is 0 Å². The Hall–Kier alpha value is -1.01. The summed E-state index contributed by atoms with van der Waals surface area (Å²) >= 11 is 6.20. The topological polar surface area (TPSA) is 62.8 Å². The average Bonchev–Trinajstić information content (AvgIpc) is 2.45. The maximum absolute atomic E-state index is 8.64. The molecular formula is C14H23ClN2O3. The summed E-state index contributed by atoms with van der Waals surface area (Å²) in [5.41, 5.74) is 1.04. The number of aliphatic hydroxyl groups excluding tert-OH is 1. The van der Waals surface area contributed by atoms with E-state index >= 15 is 0 Å². The van der Waals surface area contributed by atoms with Crippen molar-refractivity contribution in [3.05, 3.63) is 22.7 Å². The summed E-state index contributed by atoms with van der Waals surface area (Å²) in [6, 6.07) is 3.80. The molecule has 1 rings (SSSR count). The molecule has 0 amide bonds. The maximum atomic E-state index is 8.64. The zero-order valence-electron chi connectivity index (χ0n) is 12.0. The molecule has 0 saturated heterocycles. The van der Waals surface area contributed by atoms with Gasteiger partial charge in [-0.3, -0.25) is 0 Å². The van der Waals surface area contributed by atoms with Gasteiger partial charge in [0.15, 0.2) is 11.5 Å². The first kappa shape index (κ1) is 17.0. The van der Waals surface area contributed by atoms with E-state index in [1.807, 2.05) is 19.1 Å². The van der Waals surface area contributed by atoms with Gasteiger partial charge >= 0.3 is 0 Å². The molecule has 5 nitrogen and oxygen atoms in total. The van der Waals surface area contributed by atoms with Gasteiger partial charge in [0.25, 0.3) is 0 Å². The first-order valence-electron chi connectivity index (χ1n) is 6.74. The lowest BCUT2D eigenvalue weighted by Crippen LogP contribution is -2.28. The molecule has 0 atom stereocenters. The molecule has 1 aromatic rings. The molecule has 0 saturated carbocycles. The lowest BCUT2D eigenvalue weighted by molar-refractivity contribution is 0.292. The van der Waals surface area contributed by atoms with Crippen LogP contribution in [-0.2, 0) is 6.54 Å². The number of benzene rings is 1. The summed E-state index contributed by atoms with van der Waals surface area (Å²) < 4.78 is 10.8. The van der Waals surface area contributed by atoms with Gasteiger partial charge in [0, 0.05) is 26.2 Å². The fourth-order valence-electron chi connectivity index (χ4n) is 1.77. The van der Waals surface area contributed by atoms with E-state index in [-0.39, 0.29) is 6.61 Å². The Balaban J connectivity index is 2.52. The predicted octanol–water partition coefficient (Wildman–Crippen LogP) is 1.42. The molecule has 0 fully saturated rings. The Bertz CT molecular complexity index is 402. The number of methoxy groups -OCH3 is 1. The Morgan fingerprint density at radius 3 is 2.60 bits per heavy atom. The van der Waals surface area contributed by atoms with Crippen molar-refractivity contribution < 1.29 is 14.6 Å².